The Balaban J connectivity index is 3.10. The summed E-state index contributed by atoms with van der Waals surface area (Å²) in [6.07, 6.45) is 10.4. The SMILES string of the molecule is CCCCOCCC[C@@H](Cl)CCCCCCOS. The lowest BCUT2D eigenvalue weighted by Crippen LogP contribution is -2.03. The number of rotatable bonds is 14. The van der Waals surface area contributed by atoms with Crippen LogP contribution in [0, 0.1) is 0 Å². The van der Waals surface area contributed by atoms with Gasteiger partial charge in [0.2, 0.25) is 0 Å². The first-order chi connectivity index (χ1) is 8.81. The lowest BCUT2D eigenvalue weighted by molar-refractivity contribution is 0.127. The molecule has 0 fully saturated rings. The minimum atomic E-state index is 0.320. The van der Waals surface area contributed by atoms with Crippen molar-refractivity contribution in [3.63, 3.8) is 0 Å². The van der Waals surface area contributed by atoms with Gasteiger partial charge in [-0.15, -0.1) is 11.6 Å². The topological polar surface area (TPSA) is 18.5 Å². The molecule has 2 nitrogen and oxygen atoms in total. The third kappa shape index (κ3) is 14.6. The molecule has 0 bridgehead atoms. The van der Waals surface area contributed by atoms with Gasteiger partial charge < -0.3 is 8.92 Å². The second-order valence-corrected chi connectivity index (χ2v) is 5.62. The third-order valence-electron chi connectivity index (χ3n) is 2.95. The summed E-state index contributed by atoms with van der Waals surface area (Å²) in [6, 6.07) is 0. The Kier molecular flexibility index (Phi) is 16.1. The van der Waals surface area contributed by atoms with Crippen LogP contribution >= 0.6 is 24.5 Å². The zero-order valence-corrected chi connectivity index (χ0v) is 13.4. The Morgan fingerprint density at radius 2 is 1.56 bits per heavy atom. The zero-order chi connectivity index (χ0) is 13.5. The Labute approximate surface area is 123 Å². The van der Waals surface area contributed by atoms with Gasteiger partial charge in [0.05, 0.1) is 6.61 Å². The van der Waals surface area contributed by atoms with Crippen molar-refractivity contribution in [1.82, 2.24) is 0 Å². The molecule has 0 N–H and O–H groups in total. The zero-order valence-electron chi connectivity index (χ0n) is 11.7. The number of halogens is 1. The maximum Gasteiger partial charge on any atom is 0.0610 e. The molecule has 0 amide bonds. The van der Waals surface area contributed by atoms with E-state index in [9.17, 15) is 0 Å². The molecule has 0 aliphatic heterocycles. The van der Waals surface area contributed by atoms with Crippen molar-refractivity contribution in [2.24, 2.45) is 0 Å². The van der Waals surface area contributed by atoms with E-state index in [2.05, 4.69) is 19.8 Å². The fourth-order valence-electron chi connectivity index (χ4n) is 1.79. The fraction of sp³-hybridized carbons (Fsp3) is 1.00. The van der Waals surface area contributed by atoms with Gasteiger partial charge in [-0.25, -0.2) is 0 Å². The molecule has 0 radical (unpaired) electrons. The van der Waals surface area contributed by atoms with E-state index in [0.717, 1.165) is 45.5 Å². The molecule has 18 heavy (non-hydrogen) atoms. The highest BCUT2D eigenvalue weighted by atomic mass is 35.5. The van der Waals surface area contributed by atoms with Gasteiger partial charge in [0.1, 0.15) is 0 Å². The van der Waals surface area contributed by atoms with Gasteiger partial charge in [0.15, 0.2) is 0 Å². The summed E-state index contributed by atoms with van der Waals surface area (Å²) >= 11 is 9.98. The van der Waals surface area contributed by atoms with Crippen LogP contribution in [0.25, 0.3) is 0 Å². The summed E-state index contributed by atoms with van der Waals surface area (Å²) < 4.78 is 10.2. The van der Waals surface area contributed by atoms with Gasteiger partial charge >= 0.3 is 0 Å². The third-order valence-corrected chi connectivity index (χ3v) is 3.57. The molecule has 0 rings (SSSR count). The monoisotopic (exact) mass is 296 g/mol. The summed E-state index contributed by atoms with van der Waals surface area (Å²) in [5.41, 5.74) is 0. The van der Waals surface area contributed by atoms with E-state index in [4.69, 9.17) is 20.5 Å². The number of thiol groups is 1. The van der Waals surface area contributed by atoms with Crippen molar-refractivity contribution in [2.45, 2.75) is 70.1 Å². The molecule has 0 aliphatic carbocycles. The average molecular weight is 297 g/mol. The molecule has 1 atom stereocenters. The van der Waals surface area contributed by atoms with Crippen molar-refractivity contribution >= 4 is 24.5 Å². The fourth-order valence-corrected chi connectivity index (χ4v) is 2.22. The molecule has 0 spiro atoms. The van der Waals surface area contributed by atoms with Crippen molar-refractivity contribution in [2.75, 3.05) is 19.8 Å². The Morgan fingerprint density at radius 3 is 2.28 bits per heavy atom. The quantitative estimate of drug-likeness (QED) is 0.210. The van der Waals surface area contributed by atoms with Crippen molar-refractivity contribution < 1.29 is 8.92 Å². The largest absolute Gasteiger partial charge is 0.381 e. The minimum Gasteiger partial charge on any atom is -0.381 e. The molecular weight excluding hydrogens is 268 g/mol. The van der Waals surface area contributed by atoms with E-state index >= 15 is 0 Å². The van der Waals surface area contributed by atoms with Gasteiger partial charge in [-0.1, -0.05) is 32.6 Å². The van der Waals surface area contributed by atoms with Gasteiger partial charge in [-0.3, -0.25) is 0 Å². The lowest BCUT2D eigenvalue weighted by atomic mass is 10.1. The van der Waals surface area contributed by atoms with Crippen LogP contribution in [0.5, 0.6) is 0 Å². The standard InChI is InChI=1S/C14H29ClO2S/c1-2-3-11-16-12-8-10-14(15)9-6-4-5-7-13-17-18/h14,18H,2-13H2,1H3/t14-/m0/s1. The predicted molar refractivity (Wildman–Crippen MR) is 82.6 cm³/mol. The molecule has 0 unspecified atom stereocenters. The number of unbranched alkanes of at least 4 members (excludes halogenated alkanes) is 4. The van der Waals surface area contributed by atoms with Crippen LogP contribution in [0.1, 0.15) is 64.7 Å². The minimum absolute atomic E-state index is 0.320. The first-order valence-electron chi connectivity index (χ1n) is 7.29. The van der Waals surface area contributed by atoms with Gasteiger partial charge in [-0.2, -0.15) is 0 Å². The molecular formula is C14H29ClO2S. The molecule has 0 heterocycles. The van der Waals surface area contributed by atoms with Crippen molar-refractivity contribution in [3.8, 4) is 0 Å². The molecule has 0 aliphatic rings. The number of hydrogen-bond donors (Lipinski definition) is 1. The van der Waals surface area contributed by atoms with Gasteiger partial charge in [0, 0.05) is 18.6 Å². The van der Waals surface area contributed by atoms with Gasteiger partial charge in [-0.05, 0) is 45.0 Å². The summed E-state index contributed by atoms with van der Waals surface area (Å²) in [5.74, 6) is 0. The van der Waals surface area contributed by atoms with Crippen LogP contribution in [0.2, 0.25) is 0 Å². The summed E-state index contributed by atoms with van der Waals surface area (Å²) in [6.45, 7) is 4.70. The summed E-state index contributed by atoms with van der Waals surface area (Å²) in [7, 11) is 0. The first kappa shape index (κ1) is 18.6. The van der Waals surface area contributed by atoms with Crippen molar-refractivity contribution in [1.29, 1.82) is 0 Å². The smallest absolute Gasteiger partial charge is 0.0610 e. The van der Waals surface area contributed by atoms with Crippen LogP contribution in [0.4, 0.5) is 0 Å². The molecule has 4 heteroatoms. The van der Waals surface area contributed by atoms with Crippen LogP contribution in [-0.4, -0.2) is 25.2 Å². The van der Waals surface area contributed by atoms with Gasteiger partial charge in [0.25, 0.3) is 0 Å². The Hall–Kier alpha value is 0.560. The second kappa shape index (κ2) is 15.6. The number of alkyl halides is 1. The summed E-state index contributed by atoms with van der Waals surface area (Å²) in [5, 5.41) is 0.320. The maximum atomic E-state index is 6.27. The highest BCUT2D eigenvalue weighted by Gasteiger charge is 2.04. The molecule has 0 saturated carbocycles. The van der Waals surface area contributed by atoms with E-state index in [1.54, 1.807) is 0 Å². The molecule has 0 aromatic heterocycles. The highest BCUT2D eigenvalue weighted by molar-refractivity contribution is 7.75. The molecule has 0 aromatic rings. The van der Waals surface area contributed by atoms with Crippen LogP contribution in [-0.2, 0) is 8.92 Å². The van der Waals surface area contributed by atoms with Crippen LogP contribution in [0.15, 0.2) is 0 Å². The van der Waals surface area contributed by atoms with E-state index < -0.39 is 0 Å². The highest BCUT2D eigenvalue weighted by Crippen LogP contribution is 2.15. The molecule has 0 aromatic carbocycles. The second-order valence-electron chi connectivity index (χ2n) is 4.74. The molecule has 0 saturated heterocycles. The lowest BCUT2D eigenvalue weighted by Gasteiger charge is -2.09. The van der Waals surface area contributed by atoms with Crippen LogP contribution < -0.4 is 0 Å². The Morgan fingerprint density at radius 1 is 0.889 bits per heavy atom. The maximum absolute atomic E-state index is 6.27. The predicted octanol–water partition coefficient (Wildman–Crippen LogP) is 5.00. The van der Waals surface area contributed by atoms with E-state index in [1.807, 2.05) is 0 Å². The number of hydrogen-bond acceptors (Lipinski definition) is 3. The normalized spacial score (nSPS) is 12.8. The van der Waals surface area contributed by atoms with E-state index in [0.29, 0.717) is 5.38 Å². The summed E-state index contributed by atoms with van der Waals surface area (Å²) in [4.78, 5) is 0. The van der Waals surface area contributed by atoms with E-state index in [1.165, 1.54) is 32.1 Å². The first-order valence-corrected chi connectivity index (χ1v) is 8.09. The molecule has 110 valence electrons. The van der Waals surface area contributed by atoms with Crippen LogP contribution in [0.3, 0.4) is 0 Å². The Bertz CT molecular complexity index is 143. The van der Waals surface area contributed by atoms with Crippen molar-refractivity contribution in [3.05, 3.63) is 0 Å². The number of ether oxygens (including phenoxy) is 1. The van der Waals surface area contributed by atoms with E-state index in [-0.39, 0.29) is 0 Å². The average Bonchev–Trinajstić information content (AvgIpc) is 2.38.